The number of hydrogen-bond donors (Lipinski definition) is 1. The Balaban J connectivity index is 2.41. The first-order chi connectivity index (χ1) is 9.52. The van der Waals surface area contributed by atoms with E-state index in [2.05, 4.69) is 4.98 Å². The zero-order valence-corrected chi connectivity index (χ0v) is 12.5. The summed E-state index contributed by atoms with van der Waals surface area (Å²) < 4.78 is 7.06. The number of rotatable bonds is 5. The van der Waals surface area contributed by atoms with E-state index in [1.54, 1.807) is 25.4 Å². The molecular formula is C13H13ClN2O3S. The number of nitrogens with zero attached hydrogens (tertiary/aromatic N) is 2. The summed E-state index contributed by atoms with van der Waals surface area (Å²) in [5.41, 5.74) is 1.73. The maximum Gasteiger partial charge on any atom is 0.313 e. The zero-order valence-electron chi connectivity index (χ0n) is 11.0. The molecule has 0 saturated heterocycles. The minimum atomic E-state index is -0.879. The number of thioether (sulfide) groups is 1. The van der Waals surface area contributed by atoms with Crippen molar-refractivity contribution in [3.8, 4) is 11.4 Å². The molecule has 0 fully saturated rings. The van der Waals surface area contributed by atoms with Crippen LogP contribution in [-0.4, -0.2) is 33.5 Å². The molecule has 2 aromatic rings. The lowest BCUT2D eigenvalue weighted by Crippen LogP contribution is -2.03. The second-order valence-electron chi connectivity index (χ2n) is 4.02. The summed E-state index contributed by atoms with van der Waals surface area (Å²) in [5, 5.41) is 9.91. The summed E-state index contributed by atoms with van der Waals surface area (Å²) in [6.07, 6.45) is 1.70. The van der Waals surface area contributed by atoms with Crippen LogP contribution < -0.4 is 4.74 Å². The summed E-state index contributed by atoms with van der Waals surface area (Å²) in [6.45, 7) is 1.90. The standard InChI is InChI=1S/C13H13ClN2O3S/c1-8-6-15-13(20-7-12(17)18)16(8)9-3-4-10(14)11(5-9)19-2/h3-6H,7H2,1-2H3,(H,17,18). The number of carboxylic acid groups (broad SMARTS) is 1. The Kier molecular flexibility index (Phi) is 4.57. The van der Waals surface area contributed by atoms with Crippen LogP contribution in [-0.2, 0) is 4.79 Å². The number of aromatic nitrogens is 2. The molecule has 0 radical (unpaired) electrons. The number of ether oxygens (including phenoxy) is 1. The third kappa shape index (κ3) is 3.08. The summed E-state index contributed by atoms with van der Waals surface area (Å²) in [5.74, 6) is -0.358. The van der Waals surface area contributed by atoms with Gasteiger partial charge in [-0.3, -0.25) is 9.36 Å². The number of aliphatic carboxylic acids is 1. The van der Waals surface area contributed by atoms with Gasteiger partial charge in [0.25, 0.3) is 0 Å². The van der Waals surface area contributed by atoms with Crippen LogP contribution in [0.4, 0.5) is 0 Å². The lowest BCUT2D eigenvalue weighted by Gasteiger charge is -2.11. The minimum Gasteiger partial charge on any atom is -0.495 e. The number of benzene rings is 1. The summed E-state index contributed by atoms with van der Waals surface area (Å²) in [6, 6.07) is 5.37. The predicted octanol–water partition coefficient (Wildman–Crippen LogP) is 3.02. The smallest absolute Gasteiger partial charge is 0.313 e. The third-order valence-corrected chi connectivity index (χ3v) is 3.87. The van der Waals surface area contributed by atoms with Crippen LogP contribution in [0.5, 0.6) is 5.75 Å². The minimum absolute atomic E-state index is 0.0405. The Bertz CT molecular complexity index is 643. The molecule has 1 N–H and O–H groups in total. The molecule has 0 atom stereocenters. The number of halogens is 1. The Morgan fingerprint density at radius 2 is 2.30 bits per heavy atom. The molecule has 0 aliphatic rings. The van der Waals surface area contributed by atoms with Crippen molar-refractivity contribution in [1.29, 1.82) is 0 Å². The van der Waals surface area contributed by atoms with Gasteiger partial charge in [-0.15, -0.1) is 0 Å². The van der Waals surface area contributed by atoms with Crippen molar-refractivity contribution in [1.82, 2.24) is 9.55 Å². The predicted molar refractivity (Wildman–Crippen MR) is 78.2 cm³/mol. The highest BCUT2D eigenvalue weighted by molar-refractivity contribution is 7.99. The fourth-order valence-electron chi connectivity index (χ4n) is 1.74. The Morgan fingerprint density at radius 1 is 1.55 bits per heavy atom. The molecule has 7 heteroatoms. The molecule has 0 bridgehead atoms. The van der Waals surface area contributed by atoms with E-state index in [1.807, 2.05) is 17.6 Å². The molecule has 5 nitrogen and oxygen atoms in total. The molecule has 1 heterocycles. The Morgan fingerprint density at radius 3 is 2.95 bits per heavy atom. The molecule has 0 unspecified atom stereocenters. The number of hydrogen-bond acceptors (Lipinski definition) is 4. The highest BCUT2D eigenvalue weighted by Crippen LogP contribution is 2.30. The van der Waals surface area contributed by atoms with Crippen LogP contribution in [0, 0.1) is 6.92 Å². The molecule has 0 aliphatic carbocycles. The number of carbonyl (C=O) groups is 1. The molecule has 20 heavy (non-hydrogen) atoms. The fourth-order valence-corrected chi connectivity index (χ4v) is 2.70. The molecule has 0 aliphatic heterocycles. The first kappa shape index (κ1) is 14.7. The van der Waals surface area contributed by atoms with Crippen LogP contribution in [0.3, 0.4) is 0 Å². The normalized spacial score (nSPS) is 10.6. The molecule has 1 aromatic heterocycles. The van der Waals surface area contributed by atoms with Crippen molar-refractivity contribution in [2.75, 3.05) is 12.9 Å². The van der Waals surface area contributed by atoms with E-state index in [4.69, 9.17) is 21.4 Å². The van der Waals surface area contributed by atoms with Crippen molar-refractivity contribution < 1.29 is 14.6 Å². The number of carboxylic acids is 1. The highest BCUT2D eigenvalue weighted by atomic mass is 35.5. The van der Waals surface area contributed by atoms with Gasteiger partial charge in [-0.1, -0.05) is 23.4 Å². The monoisotopic (exact) mass is 312 g/mol. The van der Waals surface area contributed by atoms with Gasteiger partial charge in [0.2, 0.25) is 0 Å². The largest absolute Gasteiger partial charge is 0.495 e. The quantitative estimate of drug-likeness (QED) is 0.860. The highest BCUT2D eigenvalue weighted by Gasteiger charge is 2.13. The van der Waals surface area contributed by atoms with Gasteiger partial charge in [0, 0.05) is 18.0 Å². The van der Waals surface area contributed by atoms with Gasteiger partial charge < -0.3 is 9.84 Å². The average molecular weight is 313 g/mol. The van der Waals surface area contributed by atoms with Crippen LogP contribution >= 0.6 is 23.4 Å². The van der Waals surface area contributed by atoms with Gasteiger partial charge in [0.1, 0.15) is 5.75 Å². The Labute approximate surface area is 125 Å². The number of imidazole rings is 1. The van der Waals surface area contributed by atoms with Crippen molar-refractivity contribution >= 4 is 29.3 Å². The van der Waals surface area contributed by atoms with Gasteiger partial charge >= 0.3 is 5.97 Å². The maximum atomic E-state index is 10.7. The first-order valence-electron chi connectivity index (χ1n) is 5.75. The number of aryl methyl sites for hydroxylation is 1. The molecule has 1 aromatic carbocycles. The zero-order chi connectivity index (χ0) is 14.7. The second kappa shape index (κ2) is 6.19. The number of methoxy groups -OCH3 is 1. The topological polar surface area (TPSA) is 64.4 Å². The van der Waals surface area contributed by atoms with Gasteiger partial charge in [0.15, 0.2) is 5.16 Å². The van der Waals surface area contributed by atoms with Crippen molar-refractivity contribution in [2.24, 2.45) is 0 Å². The SMILES string of the molecule is COc1cc(-n2c(C)cnc2SCC(=O)O)ccc1Cl. The molecule has 0 spiro atoms. The molecule has 106 valence electrons. The van der Waals surface area contributed by atoms with E-state index in [1.165, 1.54) is 11.8 Å². The molecule has 0 saturated carbocycles. The van der Waals surface area contributed by atoms with Crippen LogP contribution in [0.15, 0.2) is 29.6 Å². The van der Waals surface area contributed by atoms with E-state index in [0.717, 1.165) is 11.4 Å². The Hall–Kier alpha value is -1.66. The van der Waals surface area contributed by atoms with Gasteiger partial charge in [-0.2, -0.15) is 0 Å². The third-order valence-electron chi connectivity index (χ3n) is 2.62. The lowest BCUT2D eigenvalue weighted by atomic mass is 10.3. The first-order valence-corrected chi connectivity index (χ1v) is 7.12. The lowest BCUT2D eigenvalue weighted by molar-refractivity contribution is -0.133. The molecule has 0 amide bonds. The molecule has 2 rings (SSSR count). The van der Waals surface area contributed by atoms with Gasteiger partial charge in [-0.25, -0.2) is 4.98 Å². The summed E-state index contributed by atoms with van der Waals surface area (Å²) >= 11 is 7.17. The van der Waals surface area contributed by atoms with E-state index in [0.29, 0.717) is 15.9 Å². The fraction of sp³-hybridized carbons (Fsp3) is 0.231. The maximum absolute atomic E-state index is 10.7. The molecular weight excluding hydrogens is 300 g/mol. The summed E-state index contributed by atoms with van der Waals surface area (Å²) in [4.78, 5) is 14.9. The van der Waals surface area contributed by atoms with Gasteiger partial charge in [0.05, 0.1) is 23.6 Å². The van der Waals surface area contributed by atoms with Gasteiger partial charge in [-0.05, 0) is 19.1 Å². The van der Waals surface area contributed by atoms with Crippen LogP contribution in [0.1, 0.15) is 5.69 Å². The van der Waals surface area contributed by atoms with Crippen molar-refractivity contribution in [3.05, 3.63) is 35.1 Å². The average Bonchev–Trinajstić information content (AvgIpc) is 2.78. The van der Waals surface area contributed by atoms with Crippen LogP contribution in [0.2, 0.25) is 5.02 Å². The van der Waals surface area contributed by atoms with E-state index < -0.39 is 5.97 Å². The van der Waals surface area contributed by atoms with Crippen molar-refractivity contribution in [3.63, 3.8) is 0 Å². The van der Waals surface area contributed by atoms with Crippen molar-refractivity contribution in [2.45, 2.75) is 12.1 Å². The van der Waals surface area contributed by atoms with Crippen LogP contribution in [0.25, 0.3) is 5.69 Å². The van der Waals surface area contributed by atoms with E-state index in [9.17, 15) is 4.79 Å². The van der Waals surface area contributed by atoms with E-state index in [-0.39, 0.29) is 5.75 Å². The summed E-state index contributed by atoms with van der Waals surface area (Å²) in [7, 11) is 1.55. The second-order valence-corrected chi connectivity index (χ2v) is 5.37. The van der Waals surface area contributed by atoms with E-state index >= 15 is 0 Å².